The molecule has 0 aromatic carbocycles. The Kier molecular flexibility index (Phi) is 3.58. The molecule has 8 heteroatoms. The van der Waals surface area contributed by atoms with Crippen molar-refractivity contribution in [2.75, 3.05) is 13.6 Å². The molecular formula is C14H16N6O2. The van der Waals surface area contributed by atoms with Gasteiger partial charge in [-0.15, -0.1) is 0 Å². The highest BCUT2D eigenvalue weighted by Crippen LogP contribution is 2.16. The monoisotopic (exact) mass is 300 g/mol. The number of fused-ring (bicyclic) bond motifs is 1. The lowest BCUT2D eigenvalue weighted by molar-refractivity contribution is 0.0699. The minimum atomic E-state index is -0.178. The summed E-state index contributed by atoms with van der Waals surface area (Å²) in [5, 5.41) is 2.58. The van der Waals surface area contributed by atoms with Gasteiger partial charge in [0.2, 0.25) is 0 Å². The lowest BCUT2D eigenvalue weighted by Gasteiger charge is -2.28. The predicted octanol–water partition coefficient (Wildman–Crippen LogP) is -0.00288. The number of nitrogens with zero attached hydrogens (tertiary/aromatic N) is 5. The Morgan fingerprint density at radius 1 is 1.14 bits per heavy atom. The molecule has 0 saturated heterocycles. The summed E-state index contributed by atoms with van der Waals surface area (Å²) in [5.74, 6) is 0.337. The Hall–Kier alpha value is -2.77. The molecule has 3 rings (SSSR count). The van der Waals surface area contributed by atoms with Gasteiger partial charge in [-0.05, 0) is 6.92 Å². The number of nitrogens with one attached hydrogen (secondary N) is 1. The first-order valence-electron chi connectivity index (χ1n) is 6.94. The van der Waals surface area contributed by atoms with Crippen molar-refractivity contribution in [1.29, 1.82) is 0 Å². The number of hydrogen-bond donors (Lipinski definition) is 1. The molecule has 22 heavy (non-hydrogen) atoms. The zero-order chi connectivity index (χ0) is 15.7. The van der Waals surface area contributed by atoms with Crippen molar-refractivity contribution in [2.24, 2.45) is 0 Å². The van der Waals surface area contributed by atoms with Crippen molar-refractivity contribution in [3.8, 4) is 0 Å². The summed E-state index contributed by atoms with van der Waals surface area (Å²) in [6.45, 7) is 3.20. The number of carbonyl (C=O) groups excluding carboxylic acids is 2. The van der Waals surface area contributed by atoms with E-state index in [2.05, 4.69) is 20.3 Å². The van der Waals surface area contributed by atoms with E-state index in [0.29, 0.717) is 36.8 Å². The van der Waals surface area contributed by atoms with E-state index in [1.807, 2.05) is 11.5 Å². The maximum absolute atomic E-state index is 12.4. The maximum atomic E-state index is 12.4. The van der Waals surface area contributed by atoms with Crippen LogP contribution >= 0.6 is 0 Å². The second-order valence-corrected chi connectivity index (χ2v) is 5.06. The molecule has 0 radical (unpaired) electrons. The maximum Gasteiger partial charge on any atom is 0.274 e. The quantitative estimate of drug-likeness (QED) is 0.842. The van der Waals surface area contributed by atoms with E-state index in [-0.39, 0.29) is 11.8 Å². The van der Waals surface area contributed by atoms with Crippen LogP contribution in [0.15, 0.2) is 18.6 Å². The van der Waals surface area contributed by atoms with Crippen LogP contribution in [0.1, 0.15) is 32.5 Å². The minimum Gasteiger partial charge on any atom is -0.354 e. The molecular weight excluding hydrogens is 284 g/mol. The zero-order valence-electron chi connectivity index (χ0n) is 12.4. The van der Waals surface area contributed by atoms with Gasteiger partial charge in [0.25, 0.3) is 11.8 Å². The number of aromatic nitrogens is 4. The Bertz CT molecular complexity index is 721. The first-order valence-corrected chi connectivity index (χ1v) is 6.94. The van der Waals surface area contributed by atoms with Gasteiger partial charge in [0.1, 0.15) is 17.2 Å². The molecule has 0 bridgehead atoms. The van der Waals surface area contributed by atoms with Crippen LogP contribution in [0.2, 0.25) is 0 Å². The highest BCUT2D eigenvalue weighted by Gasteiger charge is 2.26. The Morgan fingerprint density at radius 3 is 2.64 bits per heavy atom. The van der Waals surface area contributed by atoms with Crippen LogP contribution in [0.3, 0.4) is 0 Å². The van der Waals surface area contributed by atoms with Gasteiger partial charge in [0.05, 0.1) is 24.6 Å². The van der Waals surface area contributed by atoms with Crippen molar-refractivity contribution < 1.29 is 9.59 Å². The van der Waals surface area contributed by atoms with Crippen LogP contribution in [-0.4, -0.2) is 49.8 Å². The molecule has 3 heterocycles. The Morgan fingerprint density at radius 2 is 1.95 bits per heavy atom. The van der Waals surface area contributed by atoms with Crippen molar-refractivity contribution >= 4 is 11.8 Å². The van der Waals surface area contributed by atoms with Crippen molar-refractivity contribution in [3.63, 3.8) is 0 Å². The average Bonchev–Trinajstić information content (AvgIpc) is 2.97. The van der Waals surface area contributed by atoms with Crippen molar-refractivity contribution in [1.82, 2.24) is 29.7 Å². The van der Waals surface area contributed by atoms with E-state index in [1.54, 1.807) is 18.1 Å². The molecule has 114 valence electrons. The van der Waals surface area contributed by atoms with Gasteiger partial charge in [0.15, 0.2) is 0 Å². The second kappa shape index (κ2) is 5.55. The standard InChI is InChI=1S/C14H16N6O2/c1-9-5-17-10(6-16-9)14(22)19-3-4-20-11(13(21)15-2)7-18-12(20)8-19/h5-7H,3-4,8H2,1-2H3,(H,15,21). The molecule has 2 aromatic rings. The van der Waals surface area contributed by atoms with E-state index >= 15 is 0 Å². The third-order valence-electron chi connectivity index (χ3n) is 3.61. The fourth-order valence-electron chi connectivity index (χ4n) is 2.41. The number of carbonyl (C=O) groups is 2. The molecule has 0 aliphatic carbocycles. The summed E-state index contributed by atoms with van der Waals surface area (Å²) in [6.07, 6.45) is 4.59. The molecule has 0 fully saturated rings. The van der Waals surface area contributed by atoms with E-state index in [1.165, 1.54) is 12.4 Å². The molecule has 1 N–H and O–H groups in total. The summed E-state index contributed by atoms with van der Waals surface area (Å²) in [4.78, 5) is 38.3. The molecule has 8 nitrogen and oxygen atoms in total. The number of amides is 2. The first-order chi connectivity index (χ1) is 10.6. The molecule has 0 atom stereocenters. The first kappa shape index (κ1) is 14.2. The van der Waals surface area contributed by atoms with Gasteiger partial charge < -0.3 is 14.8 Å². The topological polar surface area (TPSA) is 93.0 Å². The van der Waals surface area contributed by atoms with Gasteiger partial charge in [0, 0.05) is 26.3 Å². The summed E-state index contributed by atoms with van der Waals surface area (Å²) < 4.78 is 1.84. The van der Waals surface area contributed by atoms with Crippen LogP contribution < -0.4 is 5.32 Å². The Labute approximate surface area is 127 Å². The van der Waals surface area contributed by atoms with Crippen LogP contribution in [0.5, 0.6) is 0 Å². The predicted molar refractivity (Wildman–Crippen MR) is 77.1 cm³/mol. The summed E-state index contributed by atoms with van der Waals surface area (Å²) in [5.41, 5.74) is 1.60. The number of aryl methyl sites for hydroxylation is 1. The third kappa shape index (κ3) is 2.43. The van der Waals surface area contributed by atoms with Gasteiger partial charge >= 0.3 is 0 Å². The van der Waals surface area contributed by atoms with E-state index in [4.69, 9.17) is 0 Å². The fraction of sp³-hybridized carbons (Fsp3) is 0.357. The zero-order valence-corrected chi connectivity index (χ0v) is 12.4. The highest BCUT2D eigenvalue weighted by atomic mass is 16.2. The van der Waals surface area contributed by atoms with Crippen LogP contribution in [0.4, 0.5) is 0 Å². The van der Waals surface area contributed by atoms with E-state index in [9.17, 15) is 9.59 Å². The average molecular weight is 300 g/mol. The Balaban J connectivity index is 1.80. The smallest absolute Gasteiger partial charge is 0.274 e. The largest absolute Gasteiger partial charge is 0.354 e. The number of hydrogen-bond acceptors (Lipinski definition) is 5. The normalized spacial score (nSPS) is 13.6. The van der Waals surface area contributed by atoms with Crippen LogP contribution in [0.25, 0.3) is 0 Å². The number of rotatable bonds is 2. The molecule has 0 spiro atoms. The molecule has 0 saturated carbocycles. The van der Waals surface area contributed by atoms with Gasteiger partial charge in [-0.3, -0.25) is 14.6 Å². The second-order valence-electron chi connectivity index (χ2n) is 5.06. The highest BCUT2D eigenvalue weighted by molar-refractivity contribution is 5.93. The van der Waals surface area contributed by atoms with Gasteiger partial charge in [-0.1, -0.05) is 0 Å². The van der Waals surface area contributed by atoms with Gasteiger partial charge in [-0.25, -0.2) is 9.97 Å². The summed E-state index contributed by atoms with van der Waals surface area (Å²) in [7, 11) is 1.58. The van der Waals surface area contributed by atoms with Gasteiger partial charge in [-0.2, -0.15) is 0 Å². The van der Waals surface area contributed by atoms with Crippen LogP contribution in [-0.2, 0) is 13.1 Å². The fourth-order valence-corrected chi connectivity index (χ4v) is 2.41. The van der Waals surface area contributed by atoms with E-state index in [0.717, 1.165) is 5.69 Å². The lowest BCUT2D eigenvalue weighted by Crippen LogP contribution is -2.40. The van der Waals surface area contributed by atoms with Crippen molar-refractivity contribution in [2.45, 2.75) is 20.0 Å². The molecule has 2 amide bonds. The summed E-state index contributed by atoms with van der Waals surface area (Å²) in [6, 6.07) is 0. The lowest BCUT2D eigenvalue weighted by atomic mass is 10.3. The third-order valence-corrected chi connectivity index (χ3v) is 3.61. The molecule has 0 unspecified atom stereocenters. The van der Waals surface area contributed by atoms with E-state index < -0.39 is 0 Å². The minimum absolute atomic E-state index is 0.178. The summed E-state index contributed by atoms with van der Waals surface area (Å²) >= 11 is 0. The SMILES string of the molecule is CNC(=O)c1cnc2n1CCN(C(=O)c1cnc(C)cn1)C2. The molecule has 1 aliphatic rings. The van der Waals surface area contributed by atoms with Crippen molar-refractivity contribution in [3.05, 3.63) is 41.5 Å². The van der Waals surface area contributed by atoms with Crippen LogP contribution in [0, 0.1) is 6.92 Å². The number of imidazole rings is 1. The molecule has 2 aromatic heterocycles. The molecule has 1 aliphatic heterocycles.